The van der Waals surface area contributed by atoms with Crippen molar-refractivity contribution >= 4 is 46.8 Å². The molecule has 0 radical (unpaired) electrons. The largest absolute Gasteiger partial charge is 0.352 e. The fourth-order valence-electron chi connectivity index (χ4n) is 3.85. The molecular formula is C30H34Cl2N2O2S. The average molecular weight is 558 g/mol. The van der Waals surface area contributed by atoms with Crippen LogP contribution in [0.15, 0.2) is 72.8 Å². The second-order valence-electron chi connectivity index (χ2n) is 9.27. The molecule has 0 aliphatic carbocycles. The minimum atomic E-state index is -0.668. The third-order valence-electron chi connectivity index (χ3n) is 6.22. The normalized spacial score (nSPS) is 12.6. The van der Waals surface area contributed by atoms with Gasteiger partial charge < -0.3 is 10.2 Å². The van der Waals surface area contributed by atoms with E-state index in [0.29, 0.717) is 16.5 Å². The third kappa shape index (κ3) is 9.10. The number of hydrogen-bond acceptors (Lipinski definition) is 3. The van der Waals surface area contributed by atoms with Crippen LogP contribution in [-0.2, 0) is 28.3 Å². The second kappa shape index (κ2) is 14.5. The zero-order valence-electron chi connectivity index (χ0n) is 21.5. The molecule has 2 amide bonds. The smallest absolute Gasteiger partial charge is 0.243 e. The Hall–Kier alpha value is -2.47. The van der Waals surface area contributed by atoms with E-state index in [4.69, 9.17) is 23.2 Å². The van der Waals surface area contributed by atoms with Gasteiger partial charge in [-0.3, -0.25) is 9.59 Å². The van der Waals surface area contributed by atoms with Crippen molar-refractivity contribution in [3.63, 3.8) is 0 Å². The van der Waals surface area contributed by atoms with Gasteiger partial charge in [-0.05, 0) is 49.1 Å². The summed E-state index contributed by atoms with van der Waals surface area (Å²) in [4.78, 5) is 28.9. The van der Waals surface area contributed by atoms with Crippen molar-refractivity contribution in [2.75, 3.05) is 5.75 Å². The van der Waals surface area contributed by atoms with Gasteiger partial charge in [0.1, 0.15) is 6.04 Å². The summed E-state index contributed by atoms with van der Waals surface area (Å²) >= 11 is 14.0. The summed E-state index contributed by atoms with van der Waals surface area (Å²) in [6.07, 6.45) is 1.22. The van der Waals surface area contributed by atoms with Crippen molar-refractivity contribution in [3.8, 4) is 0 Å². The number of thioether (sulfide) groups is 1. The zero-order valence-corrected chi connectivity index (χ0v) is 23.9. The van der Waals surface area contributed by atoms with E-state index in [1.807, 2.05) is 50.2 Å². The van der Waals surface area contributed by atoms with Crippen LogP contribution in [0.3, 0.4) is 0 Å². The van der Waals surface area contributed by atoms with Crippen LogP contribution in [0.1, 0.15) is 42.5 Å². The molecule has 3 aromatic carbocycles. The summed E-state index contributed by atoms with van der Waals surface area (Å²) in [5.41, 5.74) is 4.18. The Morgan fingerprint density at radius 2 is 1.59 bits per heavy atom. The van der Waals surface area contributed by atoms with Crippen LogP contribution < -0.4 is 5.32 Å². The van der Waals surface area contributed by atoms with Crippen molar-refractivity contribution in [1.29, 1.82) is 0 Å². The van der Waals surface area contributed by atoms with Gasteiger partial charge in [0, 0.05) is 24.8 Å². The number of benzene rings is 3. The number of nitrogens with zero attached hydrogens (tertiary/aromatic N) is 1. The monoisotopic (exact) mass is 556 g/mol. The summed E-state index contributed by atoms with van der Waals surface area (Å²) < 4.78 is 0. The fraction of sp³-hybridized carbons (Fsp3) is 0.333. The first-order chi connectivity index (χ1) is 17.8. The van der Waals surface area contributed by atoms with Crippen LogP contribution in [-0.4, -0.2) is 34.6 Å². The summed E-state index contributed by atoms with van der Waals surface area (Å²) in [7, 11) is 0. The first-order valence-electron chi connectivity index (χ1n) is 12.5. The number of rotatable bonds is 12. The van der Waals surface area contributed by atoms with Crippen molar-refractivity contribution in [1.82, 2.24) is 10.2 Å². The molecule has 0 aliphatic heterocycles. The number of aryl methyl sites for hydroxylation is 1. The van der Waals surface area contributed by atoms with Gasteiger partial charge in [0.05, 0.1) is 15.8 Å². The molecule has 0 aliphatic rings. The number of halogens is 2. The quantitative estimate of drug-likeness (QED) is 0.259. The Labute approximate surface area is 234 Å². The van der Waals surface area contributed by atoms with Crippen LogP contribution in [0.25, 0.3) is 0 Å². The van der Waals surface area contributed by atoms with Gasteiger partial charge in [0.15, 0.2) is 0 Å². The molecule has 0 fully saturated rings. The lowest BCUT2D eigenvalue weighted by molar-refractivity contribution is -0.139. The number of carbonyl (C=O) groups is 2. The van der Waals surface area contributed by atoms with Crippen molar-refractivity contribution < 1.29 is 9.59 Å². The van der Waals surface area contributed by atoms with Gasteiger partial charge >= 0.3 is 0 Å². The third-order valence-corrected chi connectivity index (χ3v) is 7.95. The summed E-state index contributed by atoms with van der Waals surface area (Å²) in [6.45, 7) is 6.31. The Balaban J connectivity index is 1.87. The molecule has 0 aromatic heterocycles. The van der Waals surface area contributed by atoms with Crippen LogP contribution in [0.4, 0.5) is 0 Å². The molecule has 1 N–H and O–H groups in total. The molecule has 0 spiro atoms. The van der Waals surface area contributed by atoms with Gasteiger partial charge in [-0.2, -0.15) is 0 Å². The van der Waals surface area contributed by atoms with E-state index in [2.05, 4.69) is 36.5 Å². The molecule has 196 valence electrons. The predicted molar refractivity (Wildman–Crippen MR) is 156 cm³/mol. The number of carbonyl (C=O) groups excluding carboxylic acids is 2. The lowest BCUT2D eigenvalue weighted by Gasteiger charge is -2.32. The number of amides is 2. The van der Waals surface area contributed by atoms with Crippen LogP contribution in [0.5, 0.6) is 0 Å². The Morgan fingerprint density at radius 3 is 2.24 bits per heavy atom. The molecule has 7 heteroatoms. The Bertz CT molecular complexity index is 1170. The molecule has 2 atom stereocenters. The lowest BCUT2D eigenvalue weighted by Crippen LogP contribution is -2.52. The van der Waals surface area contributed by atoms with Crippen molar-refractivity contribution in [2.45, 2.75) is 58.0 Å². The van der Waals surface area contributed by atoms with Crippen LogP contribution in [0, 0.1) is 6.92 Å². The fourth-order valence-corrected chi connectivity index (χ4v) is 5.04. The van der Waals surface area contributed by atoms with E-state index < -0.39 is 6.04 Å². The van der Waals surface area contributed by atoms with E-state index in [1.165, 1.54) is 5.56 Å². The molecule has 0 saturated carbocycles. The van der Waals surface area contributed by atoms with Gasteiger partial charge in [-0.15, -0.1) is 11.8 Å². The van der Waals surface area contributed by atoms with Crippen molar-refractivity contribution in [3.05, 3.63) is 105 Å². The van der Waals surface area contributed by atoms with E-state index in [9.17, 15) is 9.59 Å². The molecule has 0 unspecified atom stereocenters. The Kier molecular flexibility index (Phi) is 11.4. The molecule has 0 saturated heterocycles. The summed E-state index contributed by atoms with van der Waals surface area (Å²) in [5.74, 6) is 0.727. The van der Waals surface area contributed by atoms with Gasteiger partial charge in [-0.1, -0.05) is 96.4 Å². The van der Waals surface area contributed by atoms with E-state index in [1.54, 1.807) is 28.8 Å². The molecule has 0 heterocycles. The summed E-state index contributed by atoms with van der Waals surface area (Å²) in [5, 5.41) is 3.96. The SMILES string of the molecule is CC[C@@H](C)NC(=O)[C@@H](Cc1ccccc1)N(Cc1ccc(Cl)c(Cl)c1)C(=O)CSCc1ccc(C)cc1. The molecular weight excluding hydrogens is 523 g/mol. The highest BCUT2D eigenvalue weighted by molar-refractivity contribution is 7.99. The minimum Gasteiger partial charge on any atom is -0.352 e. The highest BCUT2D eigenvalue weighted by Gasteiger charge is 2.31. The second-order valence-corrected chi connectivity index (χ2v) is 11.1. The van der Waals surface area contributed by atoms with Crippen molar-refractivity contribution in [2.24, 2.45) is 0 Å². The first-order valence-corrected chi connectivity index (χ1v) is 14.4. The zero-order chi connectivity index (χ0) is 26.8. The molecule has 3 rings (SSSR count). The highest BCUT2D eigenvalue weighted by atomic mass is 35.5. The highest BCUT2D eigenvalue weighted by Crippen LogP contribution is 2.25. The molecule has 3 aromatic rings. The van der Waals surface area contributed by atoms with E-state index in [0.717, 1.165) is 28.9 Å². The maximum atomic E-state index is 13.7. The van der Waals surface area contributed by atoms with Crippen LogP contribution >= 0.6 is 35.0 Å². The average Bonchev–Trinajstić information content (AvgIpc) is 2.89. The topological polar surface area (TPSA) is 49.4 Å². The maximum Gasteiger partial charge on any atom is 0.243 e. The van der Waals surface area contributed by atoms with E-state index in [-0.39, 0.29) is 30.2 Å². The molecule has 37 heavy (non-hydrogen) atoms. The van der Waals surface area contributed by atoms with Crippen LogP contribution in [0.2, 0.25) is 10.0 Å². The standard InChI is InChI=1S/C30H34Cl2N2O2S/c1-4-22(3)33-30(36)28(17-23-8-6-5-7-9-23)34(18-25-14-15-26(31)27(32)16-25)29(35)20-37-19-24-12-10-21(2)11-13-24/h5-16,22,28H,4,17-20H2,1-3H3,(H,33,36)/t22-,28-/m1/s1. The summed E-state index contributed by atoms with van der Waals surface area (Å²) in [6, 6.07) is 22.8. The Morgan fingerprint density at radius 1 is 0.919 bits per heavy atom. The number of hydrogen-bond donors (Lipinski definition) is 1. The molecule has 4 nitrogen and oxygen atoms in total. The maximum absolute atomic E-state index is 13.7. The number of nitrogens with one attached hydrogen (secondary N) is 1. The predicted octanol–water partition coefficient (Wildman–Crippen LogP) is 7.09. The minimum absolute atomic E-state index is 0.00335. The van der Waals surface area contributed by atoms with E-state index >= 15 is 0 Å². The van der Waals surface area contributed by atoms with Gasteiger partial charge in [-0.25, -0.2) is 0 Å². The lowest BCUT2D eigenvalue weighted by atomic mass is 10.0. The van der Waals surface area contributed by atoms with Gasteiger partial charge in [0.2, 0.25) is 11.8 Å². The molecule has 0 bridgehead atoms. The van der Waals surface area contributed by atoms with Gasteiger partial charge in [0.25, 0.3) is 0 Å². The first kappa shape index (κ1) is 29.1.